The second-order valence-electron chi connectivity index (χ2n) is 5.24. The van der Waals surface area contributed by atoms with E-state index in [2.05, 4.69) is 4.98 Å². The van der Waals surface area contributed by atoms with E-state index in [1.165, 1.54) is 0 Å². The van der Waals surface area contributed by atoms with Gasteiger partial charge in [0.25, 0.3) is 0 Å². The Morgan fingerprint density at radius 1 is 1.12 bits per heavy atom. The van der Waals surface area contributed by atoms with Crippen molar-refractivity contribution in [3.63, 3.8) is 0 Å². The summed E-state index contributed by atoms with van der Waals surface area (Å²) in [6.45, 7) is 5.61. The lowest BCUT2D eigenvalue weighted by molar-refractivity contribution is 0.0526. The molecule has 0 aliphatic carbocycles. The fourth-order valence-electron chi connectivity index (χ4n) is 2.61. The molecule has 0 saturated carbocycles. The zero-order chi connectivity index (χ0) is 17.9. The maximum Gasteiger partial charge on any atom is 0.340 e. The average Bonchev–Trinajstić information content (AvgIpc) is 2.57. The van der Waals surface area contributed by atoms with E-state index in [4.69, 9.17) is 19.9 Å². The van der Waals surface area contributed by atoms with E-state index < -0.39 is 5.97 Å². The van der Waals surface area contributed by atoms with Crippen molar-refractivity contribution in [2.45, 2.75) is 20.8 Å². The number of nitrogen functional groups attached to an aromatic ring is 1. The molecule has 2 rings (SSSR count). The van der Waals surface area contributed by atoms with Gasteiger partial charge >= 0.3 is 5.97 Å². The Labute approximate surface area is 141 Å². The van der Waals surface area contributed by atoms with Crippen LogP contribution in [0.4, 0.5) is 5.69 Å². The summed E-state index contributed by atoms with van der Waals surface area (Å²) in [5, 5.41) is 0. The number of anilines is 1. The molecule has 0 unspecified atom stereocenters. The van der Waals surface area contributed by atoms with E-state index in [-0.39, 0.29) is 6.61 Å². The Bertz CT molecular complexity index is 772. The van der Waals surface area contributed by atoms with Gasteiger partial charge in [0, 0.05) is 5.56 Å². The van der Waals surface area contributed by atoms with Gasteiger partial charge in [0.05, 0.1) is 43.5 Å². The van der Waals surface area contributed by atoms with Gasteiger partial charge in [0.1, 0.15) is 0 Å². The lowest BCUT2D eigenvalue weighted by Gasteiger charge is -2.17. The lowest BCUT2D eigenvalue weighted by Crippen LogP contribution is -2.13. The molecule has 6 heteroatoms. The van der Waals surface area contributed by atoms with Gasteiger partial charge in [-0.05, 0) is 38.5 Å². The van der Waals surface area contributed by atoms with E-state index in [1.807, 2.05) is 13.0 Å². The number of rotatable bonds is 5. The second-order valence-corrected chi connectivity index (χ2v) is 5.24. The third-order valence-corrected chi connectivity index (χ3v) is 3.76. The highest BCUT2D eigenvalue weighted by Crippen LogP contribution is 2.38. The number of esters is 1. The van der Waals surface area contributed by atoms with Gasteiger partial charge < -0.3 is 19.9 Å². The highest BCUT2D eigenvalue weighted by molar-refractivity contribution is 6.02. The van der Waals surface area contributed by atoms with Crippen LogP contribution in [0, 0.1) is 13.8 Å². The number of pyridine rings is 1. The van der Waals surface area contributed by atoms with Crippen molar-refractivity contribution in [3.8, 4) is 22.6 Å². The normalized spacial score (nSPS) is 10.4. The van der Waals surface area contributed by atoms with Gasteiger partial charge in [-0.2, -0.15) is 0 Å². The fourth-order valence-corrected chi connectivity index (χ4v) is 2.61. The largest absolute Gasteiger partial charge is 0.493 e. The topological polar surface area (TPSA) is 83.7 Å². The molecule has 0 spiro atoms. The van der Waals surface area contributed by atoms with E-state index in [0.29, 0.717) is 39.7 Å². The highest BCUT2D eigenvalue weighted by Gasteiger charge is 2.23. The Kier molecular flexibility index (Phi) is 5.28. The Hall–Kier alpha value is -2.76. The number of nitrogens with zero attached hydrogens (tertiary/aromatic N) is 1. The zero-order valence-electron chi connectivity index (χ0n) is 14.6. The smallest absolute Gasteiger partial charge is 0.340 e. The van der Waals surface area contributed by atoms with Crippen molar-refractivity contribution in [2.75, 3.05) is 26.6 Å². The number of nitrogens with two attached hydrogens (primary N) is 1. The summed E-state index contributed by atoms with van der Waals surface area (Å²) >= 11 is 0. The van der Waals surface area contributed by atoms with Crippen LogP contribution in [-0.4, -0.2) is 31.8 Å². The maximum atomic E-state index is 12.4. The number of hydrogen-bond acceptors (Lipinski definition) is 6. The molecule has 2 N–H and O–H groups in total. The minimum Gasteiger partial charge on any atom is -0.493 e. The summed E-state index contributed by atoms with van der Waals surface area (Å²) < 4.78 is 15.8. The Morgan fingerprint density at radius 2 is 1.79 bits per heavy atom. The first-order valence-corrected chi connectivity index (χ1v) is 7.60. The number of carbonyl (C=O) groups is 1. The van der Waals surface area contributed by atoms with Crippen LogP contribution in [0.1, 0.15) is 28.7 Å². The number of hydrogen-bond donors (Lipinski definition) is 1. The van der Waals surface area contributed by atoms with Crippen molar-refractivity contribution in [2.24, 2.45) is 0 Å². The van der Waals surface area contributed by atoms with E-state index in [1.54, 1.807) is 40.2 Å². The molecule has 1 aromatic heterocycles. The minimum atomic E-state index is -0.445. The van der Waals surface area contributed by atoms with Crippen LogP contribution in [0.2, 0.25) is 0 Å². The van der Waals surface area contributed by atoms with Crippen LogP contribution in [0.25, 0.3) is 11.1 Å². The molecule has 1 heterocycles. The average molecular weight is 330 g/mol. The summed E-state index contributed by atoms with van der Waals surface area (Å²) in [5.74, 6) is 0.704. The highest BCUT2D eigenvalue weighted by atomic mass is 16.5. The summed E-state index contributed by atoms with van der Waals surface area (Å²) in [7, 11) is 3.12. The van der Waals surface area contributed by atoms with Crippen molar-refractivity contribution < 1.29 is 19.0 Å². The van der Waals surface area contributed by atoms with Crippen molar-refractivity contribution in [1.82, 2.24) is 4.98 Å². The molecule has 0 atom stereocenters. The van der Waals surface area contributed by atoms with Gasteiger partial charge in [0.2, 0.25) is 0 Å². The van der Waals surface area contributed by atoms with Gasteiger partial charge in [-0.3, -0.25) is 4.98 Å². The summed E-state index contributed by atoms with van der Waals surface area (Å²) in [5.41, 5.74) is 9.61. The van der Waals surface area contributed by atoms with Crippen molar-refractivity contribution in [1.29, 1.82) is 0 Å². The molecule has 0 fully saturated rings. The van der Waals surface area contributed by atoms with Gasteiger partial charge in [-0.25, -0.2) is 4.79 Å². The zero-order valence-corrected chi connectivity index (χ0v) is 14.6. The van der Waals surface area contributed by atoms with Crippen molar-refractivity contribution >= 4 is 11.7 Å². The van der Waals surface area contributed by atoms with Crippen LogP contribution >= 0.6 is 0 Å². The number of carbonyl (C=O) groups excluding carboxylic acids is 1. The molecule has 1 aromatic carbocycles. The number of aryl methyl sites for hydroxylation is 2. The third-order valence-electron chi connectivity index (χ3n) is 3.76. The Morgan fingerprint density at radius 3 is 2.38 bits per heavy atom. The lowest BCUT2D eigenvalue weighted by atomic mass is 9.95. The molecule has 128 valence electrons. The van der Waals surface area contributed by atoms with Crippen LogP contribution in [-0.2, 0) is 4.74 Å². The summed E-state index contributed by atoms with van der Waals surface area (Å²) in [4.78, 5) is 16.8. The molecule has 0 saturated heterocycles. The van der Waals surface area contributed by atoms with Crippen LogP contribution < -0.4 is 15.2 Å². The van der Waals surface area contributed by atoms with Gasteiger partial charge in [-0.1, -0.05) is 6.07 Å². The monoisotopic (exact) mass is 330 g/mol. The molecule has 6 nitrogen and oxygen atoms in total. The fraction of sp³-hybridized carbons (Fsp3) is 0.333. The number of methoxy groups -OCH3 is 2. The van der Waals surface area contributed by atoms with E-state index in [0.717, 1.165) is 5.56 Å². The molecule has 2 aromatic rings. The molecular weight excluding hydrogens is 308 g/mol. The first-order valence-electron chi connectivity index (χ1n) is 7.60. The first kappa shape index (κ1) is 17.6. The molecule has 0 radical (unpaired) electrons. The second kappa shape index (κ2) is 7.21. The molecule has 0 aliphatic rings. The third kappa shape index (κ3) is 3.13. The molecular formula is C18H22N2O4. The van der Waals surface area contributed by atoms with Crippen LogP contribution in [0.15, 0.2) is 18.2 Å². The quantitative estimate of drug-likeness (QED) is 0.848. The van der Waals surface area contributed by atoms with Crippen molar-refractivity contribution in [3.05, 3.63) is 35.2 Å². The predicted molar refractivity (Wildman–Crippen MR) is 92.6 cm³/mol. The number of ether oxygens (including phenoxy) is 3. The molecule has 0 bridgehead atoms. The van der Waals surface area contributed by atoms with Gasteiger partial charge in [-0.15, -0.1) is 0 Å². The summed E-state index contributed by atoms with van der Waals surface area (Å²) in [6.07, 6.45) is 0. The van der Waals surface area contributed by atoms with E-state index >= 15 is 0 Å². The van der Waals surface area contributed by atoms with Crippen LogP contribution in [0.3, 0.4) is 0 Å². The predicted octanol–water partition coefficient (Wildman–Crippen LogP) is 3.14. The molecule has 24 heavy (non-hydrogen) atoms. The molecule has 0 amide bonds. The number of aromatic nitrogens is 1. The standard InChI is InChI=1S/C18H22N2O4/c1-6-24-18(21)15-10(2)20-11(3)17(19)16(15)12-7-8-13(22-4)14(9-12)23-5/h7-9H,6,19H2,1-5H3. The van der Waals surface area contributed by atoms with E-state index in [9.17, 15) is 4.79 Å². The summed E-state index contributed by atoms with van der Waals surface area (Å²) in [6, 6.07) is 5.38. The SMILES string of the molecule is CCOC(=O)c1c(C)nc(C)c(N)c1-c1ccc(OC)c(OC)c1. The Balaban J connectivity index is 2.75. The van der Waals surface area contributed by atoms with Crippen LogP contribution in [0.5, 0.6) is 11.5 Å². The minimum absolute atomic E-state index is 0.275. The maximum absolute atomic E-state index is 12.4. The molecule has 0 aliphatic heterocycles. The first-order chi connectivity index (χ1) is 11.4. The van der Waals surface area contributed by atoms with Gasteiger partial charge in [0.15, 0.2) is 11.5 Å². The number of benzene rings is 1.